The van der Waals surface area contributed by atoms with E-state index >= 15 is 0 Å². The smallest absolute Gasteiger partial charge is 0.234 e. The van der Waals surface area contributed by atoms with Gasteiger partial charge in [-0.15, -0.1) is 10.2 Å². The molecule has 0 amide bonds. The van der Waals surface area contributed by atoms with E-state index in [1.54, 1.807) is 23.0 Å². The Morgan fingerprint density at radius 3 is 3.06 bits per heavy atom. The Morgan fingerprint density at radius 2 is 2.35 bits per heavy atom. The topological polar surface area (TPSA) is 78.3 Å². The normalized spacial score (nSPS) is 24.8. The van der Waals surface area contributed by atoms with E-state index in [0.29, 0.717) is 12.5 Å². The standard InChI is InChI=1S/C10H15N5OS/c1-16-5-8-12-13-10-15(8)14-9(17-10)6-3-2-4-7(6)11/h6-7H,2-5,11H2,1H3. The summed E-state index contributed by atoms with van der Waals surface area (Å²) in [7, 11) is 1.64. The molecule has 2 unspecified atom stereocenters. The molecule has 6 nitrogen and oxygen atoms in total. The number of aromatic nitrogens is 4. The van der Waals surface area contributed by atoms with E-state index in [1.807, 2.05) is 0 Å². The van der Waals surface area contributed by atoms with Gasteiger partial charge in [-0.3, -0.25) is 0 Å². The number of nitrogens with zero attached hydrogens (tertiary/aromatic N) is 4. The van der Waals surface area contributed by atoms with E-state index < -0.39 is 0 Å². The summed E-state index contributed by atoms with van der Waals surface area (Å²) in [6, 6.07) is 0.240. The highest BCUT2D eigenvalue weighted by molar-refractivity contribution is 7.16. The van der Waals surface area contributed by atoms with Crippen molar-refractivity contribution in [2.45, 2.75) is 37.8 Å². The van der Waals surface area contributed by atoms with Crippen LogP contribution >= 0.6 is 11.3 Å². The molecule has 1 aliphatic carbocycles. The van der Waals surface area contributed by atoms with Crippen LogP contribution in [0.5, 0.6) is 0 Å². The second-order valence-corrected chi connectivity index (χ2v) is 5.37. The quantitative estimate of drug-likeness (QED) is 0.880. The van der Waals surface area contributed by atoms with Crippen LogP contribution in [0.4, 0.5) is 0 Å². The summed E-state index contributed by atoms with van der Waals surface area (Å²) in [5, 5.41) is 13.8. The van der Waals surface area contributed by atoms with Crippen molar-refractivity contribution in [3.05, 3.63) is 10.8 Å². The first-order valence-electron chi connectivity index (χ1n) is 5.75. The molecule has 2 aromatic rings. The number of ether oxygens (including phenoxy) is 1. The SMILES string of the molecule is COCc1nnc2sc(C3CCCC3N)nn12. The Bertz CT molecular complexity index is 522. The predicted molar refractivity (Wildman–Crippen MR) is 63.9 cm³/mol. The van der Waals surface area contributed by atoms with Gasteiger partial charge in [0.05, 0.1) is 0 Å². The van der Waals surface area contributed by atoms with Gasteiger partial charge in [-0.25, -0.2) is 0 Å². The van der Waals surface area contributed by atoms with Crippen LogP contribution in [-0.4, -0.2) is 33.0 Å². The summed E-state index contributed by atoms with van der Waals surface area (Å²) in [5.74, 6) is 1.13. The number of hydrogen-bond acceptors (Lipinski definition) is 6. The molecular formula is C10H15N5OS. The lowest BCUT2D eigenvalue weighted by Crippen LogP contribution is -2.22. The van der Waals surface area contributed by atoms with Gasteiger partial charge in [0, 0.05) is 19.1 Å². The van der Waals surface area contributed by atoms with Crippen LogP contribution in [-0.2, 0) is 11.3 Å². The second-order valence-electron chi connectivity index (χ2n) is 4.39. The van der Waals surface area contributed by atoms with Crippen molar-refractivity contribution in [2.24, 2.45) is 5.73 Å². The lowest BCUT2D eigenvalue weighted by Gasteiger charge is -2.10. The fourth-order valence-corrected chi connectivity index (χ4v) is 3.40. The zero-order chi connectivity index (χ0) is 11.8. The zero-order valence-corrected chi connectivity index (χ0v) is 10.5. The Hall–Kier alpha value is -1.05. The van der Waals surface area contributed by atoms with Gasteiger partial charge in [0.2, 0.25) is 4.96 Å². The van der Waals surface area contributed by atoms with Crippen LogP contribution in [0.2, 0.25) is 0 Å². The Labute approximate surface area is 103 Å². The van der Waals surface area contributed by atoms with E-state index in [9.17, 15) is 0 Å². The van der Waals surface area contributed by atoms with Crippen molar-refractivity contribution in [3.8, 4) is 0 Å². The van der Waals surface area contributed by atoms with Crippen LogP contribution in [0, 0.1) is 0 Å². The fraction of sp³-hybridized carbons (Fsp3) is 0.700. The molecule has 1 aliphatic rings. The average Bonchev–Trinajstić information content (AvgIpc) is 2.95. The molecule has 0 aromatic carbocycles. The molecule has 92 valence electrons. The fourth-order valence-electron chi connectivity index (χ4n) is 2.34. The lowest BCUT2D eigenvalue weighted by atomic mass is 10.1. The van der Waals surface area contributed by atoms with Gasteiger partial charge in [0.15, 0.2) is 5.82 Å². The second kappa shape index (κ2) is 4.32. The van der Waals surface area contributed by atoms with E-state index in [-0.39, 0.29) is 6.04 Å². The molecule has 0 saturated heterocycles. The van der Waals surface area contributed by atoms with Crippen LogP contribution in [0.15, 0.2) is 0 Å². The van der Waals surface area contributed by atoms with Crippen molar-refractivity contribution in [1.29, 1.82) is 0 Å². The number of methoxy groups -OCH3 is 1. The highest BCUT2D eigenvalue weighted by atomic mass is 32.1. The molecule has 1 fully saturated rings. The van der Waals surface area contributed by atoms with Gasteiger partial charge in [0.25, 0.3) is 0 Å². The summed E-state index contributed by atoms with van der Waals surface area (Å²) in [4.78, 5) is 0.825. The molecule has 17 heavy (non-hydrogen) atoms. The molecule has 0 radical (unpaired) electrons. The van der Waals surface area contributed by atoms with Gasteiger partial charge in [-0.2, -0.15) is 9.61 Å². The number of rotatable bonds is 3. The Balaban J connectivity index is 1.96. The van der Waals surface area contributed by atoms with Crippen molar-refractivity contribution in [1.82, 2.24) is 19.8 Å². The van der Waals surface area contributed by atoms with E-state index in [2.05, 4.69) is 15.3 Å². The van der Waals surface area contributed by atoms with Gasteiger partial charge in [-0.1, -0.05) is 17.8 Å². The number of nitrogens with two attached hydrogens (primary N) is 1. The maximum Gasteiger partial charge on any atom is 0.234 e. The van der Waals surface area contributed by atoms with Gasteiger partial charge < -0.3 is 10.5 Å². The first kappa shape index (κ1) is 11.1. The van der Waals surface area contributed by atoms with Crippen molar-refractivity contribution < 1.29 is 4.74 Å². The minimum absolute atomic E-state index is 0.240. The first-order chi connectivity index (χ1) is 8.29. The maximum absolute atomic E-state index is 6.09. The third-order valence-electron chi connectivity index (χ3n) is 3.23. The third kappa shape index (κ3) is 1.84. The summed E-state index contributed by atoms with van der Waals surface area (Å²) in [6.07, 6.45) is 3.41. The molecule has 0 aliphatic heterocycles. The van der Waals surface area contributed by atoms with Crippen molar-refractivity contribution in [3.63, 3.8) is 0 Å². The third-order valence-corrected chi connectivity index (χ3v) is 4.26. The predicted octanol–water partition coefficient (Wildman–Crippen LogP) is 0.927. The molecule has 2 N–H and O–H groups in total. The highest BCUT2D eigenvalue weighted by Gasteiger charge is 2.29. The summed E-state index contributed by atoms with van der Waals surface area (Å²) in [6.45, 7) is 0.432. The molecule has 1 saturated carbocycles. The van der Waals surface area contributed by atoms with E-state index in [4.69, 9.17) is 10.5 Å². The lowest BCUT2D eigenvalue weighted by molar-refractivity contribution is 0.176. The van der Waals surface area contributed by atoms with Crippen LogP contribution < -0.4 is 5.73 Å². The van der Waals surface area contributed by atoms with Crippen LogP contribution in [0.1, 0.15) is 36.0 Å². The average molecular weight is 253 g/mol. The number of fused-ring (bicyclic) bond motifs is 1. The molecule has 2 heterocycles. The van der Waals surface area contributed by atoms with Crippen molar-refractivity contribution in [2.75, 3.05) is 7.11 Å². The summed E-state index contributed by atoms with van der Waals surface area (Å²) in [5.41, 5.74) is 6.09. The largest absolute Gasteiger partial charge is 0.377 e. The van der Waals surface area contributed by atoms with Gasteiger partial charge in [0.1, 0.15) is 11.6 Å². The molecule has 0 bridgehead atoms. The summed E-state index contributed by atoms with van der Waals surface area (Å²) >= 11 is 1.59. The van der Waals surface area contributed by atoms with E-state index in [0.717, 1.165) is 28.6 Å². The molecule has 3 rings (SSSR count). The highest BCUT2D eigenvalue weighted by Crippen LogP contribution is 2.35. The minimum Gasteiger partial charge on any atom is -0.377 e. The van der Waals surface area contributed by atoms with Gasteiger partial charge in [-0.05, 0) is 12.8 Å². The van der Waals surface area contributed by atoms with Crippen LogP contribution in [0.25, 0.3) is 4.96 Å². The zero-order valence-electron chi connectivity index (χ0n) is 9.67. The van der Waals surface area contributed by atoms with Crippen molar-refractivity contribution >= 4 is 16.3 Å². The monoisotopic (exact) mass is 253 g/mol. The molecule has 2 aromatic heterocycles. The molecular weight excluding hydrogens is 238 g/mol. The number of hydrogen-bond donors (Lipinski definition) is 1. The Kier molecular flexibility index (Phi) is 2.81. The molecule has 2 atom stereocenters. The molecule has 7 heteroatoms. The Morgan fingerprint density at radius 1 is 1.47 bits per heavy atom. The molecule has 0 spiro atoms. The first-order valence-corrected chi connectivity index (χ1v) is 6.57. The maximum atomic E-state index is 6.09. The minimum atomic E-state index is 0.240. The van der Waals surface area contributed by atoms with E-state index in [1.165, 1.54) is 6.42 Å². The summed E-state index contributed by atoms with van der Waals surface area (Å²) < 4.78 is 6.84. The van der Waals surface area contributed by atoms with Gasteiger partial charge >= 0.3 is 0 Å². The van der Waals surface area contributed by atoms with Crippen LogP contribution in [0.3, 0.4) is 0 Å².